The Morgan fingerprint density at radius 3 is 2.68 bits per heavy atom. The van der Waals surface area contributed by atoms with Crippen molar-refractivity contribution in [2.45, 2.75) is 33.4 Å². The molecule has 0 aliphatic carbocycles. The van der Waals surface area contributed by atoms with Gasteiger partial charge in [-0.3, -0.25) is 4.90 Å². The lowest BCUT2D eigenvalue weighted by Gasteiger charge is -2.34. The summed E-state index contributed by atoms with van der Waals surface area (Å²) < 4.78 is 39.6. The molecule has 1 aliphatic heterocycles. The second-order valence-electron chi connectivity index (χ2n) is 6.48. The van der Waals surface area contributed by atoms with Crippen LogP contribution in [-0.2, 0) is 6.54 Å². The van der Waals surface area contributed by atoms with Crippen molar-refractivity contribution in [1.82, 2.24) is 15.1 Å². The molecular weight excluding hydrogens is 406 g/mol. The highest BCUT2D eigenvalue weighted by atomic mass is 19.1. The fourth-order valence-electron chi connectivity index (χ4n) is 3.08. The first-order chi connectivity index (χ1) is 14.9. The van der Waals surface area contributed by atoms with E-state index in [-0.39, 0.29) is 35.2 Å². The second kappa shape index (κ2) is 9.38. The number of hydrogen-bond donors (Lipinski definition) is 1. The summed E-state index contributed by atoms with van der Waals surface area (Å²) in [7, 11) is 0. The molecule has 1 aliphatic rings. The number of ether oxygens (including phenoxy) is 2. The largest absolute Gasteiger partial charge is 0.434 e. The van der Waals surface area contributed by atoms with Gasteiger partial charge in [0.05, 0.1) is 18.3 Å². The van der Waals surface area contributed by atoms with Gasteiger partial charge in [-0.15, -0.1) is 5.10 Å². The second-order valence-corrected chi connectivity index (χ2v) is 6.48. The topological polar surface area (TPSA) is 90.6 Å². The Bertz CT molecular complexity index is 1080. The molecule has 9 heteroatoms. The van der Waals surface area contributed by atoms with Crippen LogP contribution in [0.1, 0.15) is 37.9 Å². The monoisotopic (exact) mass is 428 g/mol. The fourth-order valence-corrected chi connectivity index (χ4v) is 3.08. The normalized spacial score (nSPS) is 14.8. The Balaban J connectivity index is 0.00000132. The Morgan fingerprint density at radius 1 is 1.19 bits per heavy atom. The van der Waals surface area contributed by atoms with E-state index in [2.05, 4.69) is 10.2 Å². The van der Waals surface area contributed by atoms with Crippen molar-refractivity contribution in [3.8, 4) is 17.4 Å². The molecule has 31 heavy (non-hydrogen) atoms. The zero-order chi connectivity index (χ0) is 22.5. The molecule has 2 N–H and O–H groups in total. The Kier molecular flexibility index (Phi) is 6.64. The lowest BCUT2D eigenvalue weighted by Crippen LogP contribution is -2.39. The first-order valence-corrected chi connectivity index (χ1v) is 9.74. The van der Waals surface area contributed by atoms with Crippen LogP contribution < -0.4 is 15.2 Å². The van der Waals surface area contributed by atoms with Crippen LogP contribution in [0, 0.1) is 11.6 Å². The molecular formula is C22H22F2N4O3. The van der Waals surface area contributed by atoms with E-state index >= 15 is 0 Å². The van der Waals surface area contributed by atoms with Crippen molar-refractivity contribution < 1.29 is 23.0 Å². The van der Waals surface area contributed by atoms with Gasteiger partial charge in [-0.25, -0.2) is 13.6 Å². The molecule has 0 spiro atoms. The number of amides is 1. The maximum absolute atomic E-state index is 14.6. The number of fused-ring (bicyclic) bond motifs is 1. The third-order valence-corrected chi connectivity index (χ3v) is 4.63. The minimum Gasteiger partial charge on any atom is -0.434 e. The number of benzene rings is 2. The number of rotatable bonds is 4. The van der Waals surface area contributed by atoms with Crippen molar-refractivity contribution in [3.05, 3.63) is 71.4 Å². The van der Waals surface area contributed by atoms with Gasteiger partial charge in [0.25, 0.3) is 0 Å². The van der Waals surface area contributed by atoms with Crippen molar-refractivity contribution in [1.29, 1.82) is 0 Å². The number of aromatic nitrogens is 2. The van der Waals surface area contributed by atoms with Crippen molar-refractivity contribution in [2.24, 2.45) is 0 Å². The van der Waals surface area contributed by atoms with Gasteiger partial charge >= 0.3 is 6.09 Å². The van der Waals surface area contributed by atoms with Crippen molar-refractivity contribution in [2.75, 3.05) is 5.73 Å². The van der Waals surface area contributed by atoms with Crippen LogP contribution in [0.5, 0.6) is 17.4 Å². The quantitative estimate of drug-likeness (QED) is 0.572. The van der Waals surface area contributed by atoms with E-state index in [0.717, 1.165) is 0 Å². The molecule has 1 atom stereocenters. The molecule has 4 rings (SSSR count). The van der Waals surface area contributed by atoms with Crippen LogP contribution in [0.15, 0.2) is 48.7 Å². The van der Waals surface area contributed by atoms with Gasteiger partial charge in [-0.05, 0) is 25.1 Å². The zero-order valence-electron chi connectivity index (χ0n) is 17.3. The van der Waals surface area contributed by atoms with Gasteiger partial charge in [0.15, 0.2) is 17.4 Å². The van der Waals surface area contributed by atoms with Crippen LogP contribution >= 0.6 is 0 Å². The van der Waals surface area contributed by atoms with Crippen LogP contribution in [-0.4, -0.2) is 21.2 Å². The highest BCUT2D eigenvalue weighted by Crippen LogP contribution is 2.40. The van der Waals surface area contributed by atoms with Crippen LogP contribution in [0.4, 0.5) is 19.3 Å². The predicted octanol–water partition coefficient (Wildman–Crippen LogP) is 5.23. The highest BCUT2D eigenvalue weighted by molar-refractivity contribution is 5.75. The Labute approximate surface area is 178 Å². The average Bonchev–Trinajstić information content (AvgIpc) is 2.77. The van der Waals surface area contributed by atoms with E-state index in [9.17, 15) is 13.6 Å². The summed E-state index contributed by atoms with van der Waals surface area (Å²) in [6, 6.07) is 9.60. The molecule has 1 unspecified atom stereocenters. The Morgan fingerprint density at radius 2 is 1.97 bits per heavy atom. The first-order valence-electron chi connectivity index (χ1n) is 9.74. The number of nitrogens with two attached hydrogens (primary N) is 1. The smallest absolute Gasteiger partial charge is 0.416 e. The molecule has 2 aromatic carbocycles. The third-order valence-electron chi connectivity index (χ3n) is 4.63. The summed E-state index contributed by atoms with van der Waals surface area (Å²) in [5, 5.41) is 7.39. The molecule has 162 valence electrons. The number of anilines is 1. The van der Waals surface area contributed by atoms with Crippen LogP contribution in [0.25, 0.3) is 0 Å². The van der Waals surface area contributed by atoms with Crippen molar-refractivity contribution in [3.63, 3.8) is 0 Å². The van der Waals surface area contributed by atoms with E-state index in [1.807, 2.05) is 13.8 Å². The molecule has 2 heterocycles. The van der Waals surface area contributed by atoms with Gasteiger partial charge in [0.1, 0.15) is 5.75 Å². The molecule has 7 nitrogen and oxygen atoms in total. The summed E-state index contributed by atoms with van der Waals surface area (Å²) in [5.41, 5.74) is 6.24. The molecule has 0 saturated carbocycles. The number of hydrogen-bond acceptors (Lipinski definition) is 6. The molecule has 1 aromatic heterocycles. The Hall–Kier alpha value is -3.75. The third kappa shape index (κ3) is 4.55. The van der Waals surface area contributed by atoms with Crippen LogP contribution in [0.2, 0.25) is 0 Å². The standard InChI is InChI=1S/C20H16F2N4O3.C2H6/c1-11-13-8-14(21)17(28-18-6-3-7-24-25-18)9-16(13)29-20(27)26(11)10-12-4-2-5-15(23)19(12)22;1-2/h2-9,11H,10,23H2,1H3;1-2H3. The summed E-state index contributed by atoms with van der Waals surface area (Å²) >= 11 is 0. The molecule has 0 saturated heterocycles. The van der Waals surface area contributed by atoms with Gasteiger partial charge in [-0.1, -0.05) is 26.0 Å². The predicted molar refractivity (Wildman–Crippen MR) is 111 cm³/mol. The number of nitrogens with zero attached hydrogens (tertiary/aromatic N) is 3. The van der Waals surface area contributed by atoms with Gasteiger partial charge in [0.2, 0.25) is 5.88 Å². The molecule has 0 radical (unpaired) electrons. The lowest BCUT2D eigenvalue weighted by molar-refractivity contribution is 0.116. The summed E-state index contributed by atoms with van der Waals surface area (Å²) in [5.74, 6) is -1.15. The maximum atomic E-state index is 14.6. The van der Waals surface area contributed by atoms with Crippen molar-refractivity contribution >= 4 is 11.8 Å². The lowest BCUT2D eigenvalue weighted by atomic mass is 10.0. The average molecular weight is 428 g/mol. The van der Waals surface area contributed by atoms with Gasteiger partial charge in [-0.2, -0.15) is 5.10 Å². The molecule has 3 aromatic rings. The van der Waals surface area contributed by atoms with E-state index in [4.69, 9.17) is 15.2 Å². The molecule has 0 fully saturated rings. The maximum Gasteiger partial charge on any atom is 0.416 e. The van der Waals surface area contributed by atoms with E-state index in [0.29, 0.717) is 5.56 Å². The van der Waals surface area contributed by atoms with Gasteiger partial charge in [0, 0.05) is 29.5 Å². The minimum absolute atomic E-state index is 0.0159. The minimum atomic E-state index is -0.691. The fraction of sp³-hybridized carbons (Fsp3) is 0.227. The number of nitrogen functional groups attached to an aromatic ring is 1. The van der Waals surface area contributed by atoms with Gasteiger partial charge < -0.3 is 15.2 Å². The van der Waals surface area contributed by atoms with Crippen LogP contribution in [0.3, 0.4) is 0 Å². The van der Waals surface area contributed by atoms with E-state index in [1.54, 1.807) is 19.1 Å². The molecule has 0 bridgehead atoms. The zero-order valence-corrected chi connectivity index (χ0v) is 17.3. The number of carbonyl (C=O) groups is 1. The summed E-state index contributed by atoms with van der Waals surface area (Å²) in [4.78, 5) is 13.8. The number of halogens is 2. The van der Waals surface area contributed by atoms with E-state index in [1.165, 1.54) is 41.4 Å². The number of carbonyl (C=O) groups excluding carboxylic acids is 1. The highest BCUT2D eigenvalue weighted by Gasteiger charge is 2.33. The first kappa shape index (κ1) is 21.9. The molecule has 1 amide bonds. The summed E-state index contributed by atoms with van der Waals surface area (Å²) in [6.07, 6.45) is 0.765. The SMILES string of the molecule is CC.CC1c2cc(F)c(Oc3cccnn3)cc2OC(=O)N1Cc1cccc(N)c1F. The van der Waals surface area contributed by atoms with E-state index < -0.39 is 23.8 Å². The summed E-state index contributed by atoms with van der Waals surface area (Å²) in [6.45, 7) is 5.63.